The molecule has 0 atom stereocenters. The van der Waals surface area contributed by atoms with Crippen LogP contribution in [-0.4, -0.2) is 18.1 Å². The van der Waals surface area contributed by atoms with Gasteiger partial charge in [0.1, 0.15) is 0 Å². The summed E-state index contributed by atoms with van der Waals surface area (Å²) in [4.78, 5) is 5.43. The molecule has 0 saturated carbocycles. The van der Waals surface area contributed by atoms with Crippen LogP contribution in [0.4, 0.5) is 10.1 Å². The molecule has 78 valence electrons. The Kier molecular flexibility index (Phi) is 2.39. The second kappa shape index (κ2) is 3.46. The van der Waals surface area contributed by atoms with E-state index in [-0.39, 0.29) is 5.41 Å². The Morgan fingerprint density at radius 1 is 1.67 bits per heavy atom. The molecule has 0 unspecified atom stereocenters. The van der Waals surface area contributed by atoms with Crippen LogP contribution in [0.5, 0.6) is 0 Å². The lowest BCUT2D eigenvalue weighted by atomic mass is 9.83. The van der Waals surface area contributed by atoms with Crippen LogP contribution in [0, 0.1) is 22.7 Å². The fourth-order valence-corrected chi connectivity index (χ4v) is 1.99. The highest BCUT2D eigenvalue weighted by Gasteiger charge is 2.40. The molecule has 1 fully saturated rings. The normalized spacial score (nSPS) is 18.1. The number of hydrogen-bond acceptors (Lipinski definition) is 3. The molecular weight excluding hydrogens is 261 g/mol. The number of rotatable bonds is 1. The minimum Gasteiger partial charge on any atom is -0.364 e. The number of halogens is 2. The molecule has 15 heavy (non-hydrogen) atoms. The number of anilines is 1. The quantitative estimate of drug-likeness (QED) is 0.735. The first kappa shape index (κ1) is 10.4. The third-order valence-electron chi connectivity index (χ3n) is 2.48. The summed E-state index contributed by atoms with van der Waals surface area (Å²) >= 11 is 3.24. The second-order valence-electron chi connectivity index (χ2n) is 3.99. The first-order valence-electron chi connectivity index (χ1n) is 4.51. The maximum absolute atomic E-state index is 13.3. The summed E-state index contributed by atoms with van der Waals surface area (Å²) < 4.78 is 14.1. The third-order valence-corrected chi connectivity index (χ3v) is 2.91. The lowest BCUT2D eigenvalue weighted by molar-refractivity contribution is 0.332. The molecule has 1 saturated heterocycles. The zero-order chi connectivity index (χ0) is 11.1. The van der Waals surface area contributed by atoms with E-state index in [4.69, 9.17) is 5.26 Å². The predicted octanol–water partition coefficient (Wildman–Crippen LogP) is 2.33. The highest BCUT2D eigenvalue weighted by atomic mass is 79.9. The highest BCUT2D eigenvalue weighted by Crippen LogP contribution is 2.35. The Morgan fingerprint density at radius 2 is 2.33 bits per heavy atom. The summed E-state index contributed by atoms with van der Waals surface area (Å²) in [6.07, 6.45) is 1.42. The van der Waals surface area contributed by atoms with E-state index in [9.17, 15) is 4.39 Å². The molecule has 1 aromatic rings. The maximum atomic E-state index is 13.3. The molecule has 1 aromatic heterocycles. The predicted molar refractivity (Wildman–Crippen MR) is 57.8 cm³/mol. The average molecular weight is 270 g/mol. The number of aromatic nitrogens is 1. The van der Waals surface area contributed by atoms with Crippen molar-refractivity contribution in [3.63, 3.8) is 0 Å². The van der Waals surface area contributed by atoms with Gasteiger partial charge in [-0.1, -0.05) is 0 Å². The van der Waals surface area contributed by atoms with Gasteiger partial charge in [-0.15, -0.1) is 0 Å². The van der Waals surface area contributed by atoms with Crippen LogP contribution < -0.4 is 4.90 Å². The van der Waals surface area contributed by atoms with Gasteiger partial charge >= 0.3 is 0 Å². The lowest BCUT2D eigenvalue weighted by Gasteiger charge is -2.44. The summed E-state index contributed by atoms with van der Waals surface area (Å²) in [5.41, 5.74) is 0.103. The molecule has 0 amide bonds. The maximum Gasteiger partial charge on any atom is 0.236 e. The molecule has 1 aliphatic rings. The van der Waals surface area contributed by atoms with Gasteiger partial charge in [0.2, 0.25) is 5.95 Å². The van der Waals surface area contributed by atoms with Gasteiger partial charge in [0.05, 0.1) is 17.2 Å². The first-order valence-corrected chi connectivity index (χ1v) is 5.31. The van der Waals surface area contributed by atoms with Gasteiger partial charge in [0, 0.05) is 23.8 Å². The smallest absolute Gasteiger partial charge is 0.236 e. The van der Waals surface area contributed by atoms with Crippen molar-refractivity contribution in [3.8, 4) is 6.07 Å². The van der Waals surface area contributed by atoms with Crippen LogP contribution in [0.15, 0.2) is 16.7 Å². The molecule has 0 bridgehead atoms. The molecule has 1 aliphatic heterocycles. The van der Waals surface area contributed by atoms with Crippen LogP contribution >= 0.6 is 15.9 Å². The Labute approximate surface area is 95.7 Å². The summed E-state index contributed by atoms with van der Waals surface area (Å²) in [5, 5.41) is 8.84. The van der Waals surface area contributed by atoms with Crippen molar-refractivity contribution in [2.75, 3.05) is 18.0 Å². The zero-order valence-corrected chi connectivity index (χ0v) is 9.75. The van der Waals surface area contributed by atoms with Crippen molar-refractivity contribution in [1.29, 1.82) is 5.26 Å². The van der Waals surface area contributed by atoms with E-state index in [2.05, 4.69) is 27.0 Å². The minimum atomic E-state index is -0.488. The molecule has 2 rings (SSSR count). The molecule has 5 heteroatoms. The minimum absolute atomic E-state index is 0.352. The van der Waals surface area contributed by atoms with E-state index in [1.165, 1.54) is 6.20 Å². The van der Waals surface area contributed by atoms with E-state index in [1.54, 1.807) is 6.07 Å². The molecule has 0 aromatic carbocycles. The van der Waals surface area contributed by atoms with Crippen LogP contribution in [0.3, 0.4) is 0 Å². The molecule has 0 radical (unpaired) electrons. The SMILES string of the molecule is CC1(C#N)CN(c2cc(Br)cnc2F)C1. The van der Waals surface area contributed by atoms with Crippen molar-refractivity contribution in [3.05, 3.63) is 22.7 Å². The molecule has 0 spiro atoms. The fourth-order valence-electron chi connectivity index (χ4n) is 1.67. The van der Waals surface area contributed by atoms with E-state index >= 15 is 0 Å². The van der Waals surface area contributed by atoms with Gasteiger partial charge in [0.25, 0.3) is 0 Å². The van der Waals surface area contributed by atoms with Gasteiger partial charge in [0.15, 0.2) is 0 Å². The highest BCUT2D eigenvalue weighted by molar-refractivity contribution is 9.10. The molecular formula is C10H9BrFN3. The van der Waals surface area contributed by atoms with E-state index in [1.807, 2.05) is 11.8 Å². The summed E-state index contributed by atoms with van der Waals surface area (Å²) in [6, 6.07) is 3.90. The molecule has 0 N–H and O–H groups in total. The van der Waals surface area contributed by atoms with Crippen LogP contribution in [-0.2, 0) is 0 Å². The van der Waals surface area contributed by atoms with E-state index in [0.717, 1.165) is 4.47 Å². The average Bonchev–Trinajstić information content (AvgIpc) is 2.17. The summed E-state index contributed by atoms with van der Waals surface area (Å²) in [7, 11) is 0. The Bertz CT molecular complexity index is 435. The Morgan fingerprint density at radius 3 is 2.93 bits per heavy atom. The van der Waals surface area contributed by atoms with Crippen LogP contribution in [0.1, 0.15) is 6.92 Å². The monoisotopic (exact) mass is 269 g/mol. The largest absolute Gasteiger partial charge is 0.364 e. The van der Waals surface area contributed by atoms with Crippen molar-refractivity contribution >= 4 is 21.6 Å². The molecule has 3 nitrogen and oxygen atoms in total. The summed E-state index contributed by atoms with van der Waals surface area (Å²) in [6.45, 7) is 2.98. The second-order valence-corrected chi connectivity index (χ2v) is 4.91. The third kappa shape index (κ3) is 1.82. The van der Waals surface area contributed by atoms with Gasteiger partial charge < -0.3 is 4.90 Å². The van der Waals surface area contributed by atoms with Gasteiger partial charge in [-0.3, -0.25) is 0 Å². The van der Waals surface area contributed by atoms with Crippen molar-refractivity contribution in [2.45, 2.75) is 6.92 Å². The van der Waals surface area contributed by atoms with E-state index < -0.39 is 5.95 Å². The standard InChI is InChI=1S/C10H9BrFN3/c1-10(4-13)5-15(6-10)8-2-7(11)3-14-9(8)12/h2-3H,5-6H2,1H3. The lowest BCUT2D eigenvalue weighted by Crippen LogP contribution is -2.54. The van der Waals surface area contributed by atoms with E-state index in [0.29, 0.717) is 18.8 Å². The number of nitrogens with zero attached hydrogens (tertiary/aromatic N) is 3. The van der Waals surface area contributed by atoms with Crippen molar-refractivity contribution in [2.24, 2.45) is 5.41 Å². The van der Waals surface area contributed by atoms with Crippen molar-refractivity contribution < 1.29 is 4.39 Å². The number of pyridine rings is 1. The zero-order valence-electron chi connectivity index (χ0n) is 8.17. The number of hydrogen-bond donors (Lipinski definition) is 0. The number of nitriles is 1. The van der Waals surface area contributed by atoms with Crippen molar-refractivity contribution in [1.82, 2.24) is 4.98 Å². The van der Waals surface area contributed by atoms with Gasteiger partial charge in [-0.25, -0.2) is 4.98 Å². The summed E-state index contributed by atoms with van der Waals surface area (Å²) in [5.74, 6) is -0.488. The fraction of sp³-hybridized carbons (Fsp3) is 0.400. The van der Waals surface area contributed by atoms with Gasteiger partial charge in [-0.05, 0) is 28.9 Å². The van der Waals surface area contributed by atoms with Crippen LogP contribution in [0.2, 0.25) is 0 Å². The Balaban J connectivity index is 2.20. The molecule has 2 heterocycles. The van der Waals surface area contributed by atoms with Gasteiger partial charge in [-0.2, -0.15) is 9.65 Å². The Hall–Kier alpha value is -1.15. The topological polar surface area (TPSA) is 39.9 Å². The van der Waals surface area contributed by atoms with Crippen LogP contribution in [0.25, 0.3) is 0 Å². The molecule has 0 aliphatic carbocycles. The first-order chi connectivity index (χ1) is 7.04.